The number of hydrogen-bond acceptors (Lipinski definition) is 0. The first-order valence-electron chi connectivity index (χ1n) is 7.42. The molecule has 0 nitrogen and oxygen atoms in total. The van der Waals surface area contributed by atoms with Crippen LogP contribution in [0.5, 0.6) is 0 Å². The van der Waals surface area contributed by atoms with Crippen molar-refractivity contribution in [3.8, 4) is 0 Å². The predicted molar refractivity (Wildman–Crippen MR) is 73.6 cm³/mol. The molecular weight excluding hydrogens is 192 g/mol. The van der Waals surface area contributed by atoms with E-state index in [0.717, 1.165) is 17.8 Å². The SMILES string of the molecule is CCCCCCCCC1C=CCC(C)C1C. The Bertz CT molecular complexity index is 192. The molecule has 1 aliphatic rings. The first kappa shape index (κ1) is 13.8. The zero-order valence-electron chi connectivity index (χ0n) is 11.5. The molecule has 0 heterocycles. The van der Waals surface area contributed by atoms with Gasteiger partial charge in [0, 0.05) is 0 Å². The van der Waals surface area contributed by atoms with E-state index in [4.69, 9.17) is 0 Å². The minimum Gasteiger partial charge on any atom is -0.0880 e. The van der Waals surface area contributed by atoms with Crippen LogP contribution in [-0.4, -0.2) is 0 Å². The highest BCUT2D eigenvalue weighted by atomic mass is 14.3. The molecule has 94 valence electrons. The van der Waals surface area contributed by atoms with Gasteiger partial charge in [-0.3, -0.25) is 0 Å². The van der Waals surface area contributed by atoms with Gasteiger partial charge in [0.25, 0.3) is 0 Å². The summed E-state index contributed by atoms with van der Waals surface area (Å²) in [6.45, 7) is 7.13. The van der Waals surface area contributed by atoms with Crippen molar-refractivity contribution in [3.05, 3.63) is 12.2 Å². The van der Waals surface area contributed by atoms with Gasteiger partial charge in [-0.05, 0) is 30.6 Å². The Kier molecular flexibility index (Phi) is 6.84. The van der Waals surface area contributed by atoms with Crippen molar-refractivity contribution in [2.24, 2.45) is 17.8 Å². The van der Waals surface area contributed by atoms with Crippen molar-refractivity contribution < 1.29 is 0 Å². The molecule has 0 saturated carbocycles. The van der Waals surface area contributed by atoms with Crippen molar-refractivity contribution in [3.63, 3.8) is 0 Å². The van der Waals surface area contributed by atoms with Crippen LogP contribution in [0.25, 0.3) is 0 Å². The van der Waals surface area contributed by atoms with Gasteiger partial charge in [0.2, 0.25) is 0 Å². The molecule has 1 rings (SSSR count). The highest BCUT2D eigenvalue weighted by Crippen LogP contribution is 2.32. The molecular formula is C16H30. The van der Waals surface area contributed by atoms with Crippen LogP contribution in [0.15, 0.2) is 12.2 Å². The third-order valence-electron chi connectivity index (χ3n) is 4.36. The monoisotopic (exact) mass is 222 g/mol. The second kappa shape index (κ2) is 7.92. The summed E-state index contributed by atoms with van der Waals surface area (Å²) < 4.78 is 0. The van der Waals surface area contributed by atoms with Crippen LogP contribution in [0.1, 0.15) is 72.1 Å². The van der Waals surface area contributed by atoms with Crippen LogP contribution in [-0.2, 0) is 0 Å². The number of hydrogen-bond donors (Lipinski definition) is 0. The highest BCUT2D eigenvalue weighted by molar-refractivity contribution is 4.98. The van der Waals surface area contributed by atoms with Crippen molar-refractivity contribution >= 4 is 0 Å². The summed E-state index contributed by atoms with van der Waals surface area (Å²) >= 11 is 0. The van der Waals surface area contributed by atoms with E-state index in [1.54, 1.807) is 0 Å². The molecule has 0 radical (unpaired) electrons. The quantitative estimate of drug-likeness (QED) is 0.389. The summed E-state index contributed by atoms with van der Waals surface area (Å²) in [5, 5.41) is 0. The van der Waals surface area contributed by atoms with Crippen LogP contribution in [0, 0.1) is 17.8 Å². The van der Waals surface area contributed by atoms with Gasteiger partial charge < -0.3 is 0 Å². The second-order valence-corrected chi connectivity index (χ2v) is 5.72. The van der Waals surface area contributed by atoms with E-state index >= 15 is 0 Å². The fourth-order valence-electron chi connectivity index (χ4n) is 2.80. The molecule has 0 aromatic heterocycles. The van der Waals surface area contributed by atoms with E-state index in [0.29, 0.717) is 0 Å². The fraction of sp³-hybridized carbons (Fsp3) is 0.875. The Labute approximate surface area is 103 Å². The number of unbranched alkanes of at least 4 members (excludes halogenated alkanes) is 5. The Morgan fingerprint density at radius 2 is 1.69 bits per heavy atom. The summed E-state index contributed by atoms with van der Waals surface area (Å²) in [6, 6.07) is 0. The van der Waals surface area contributed by atoms with Gasteiger partial charge in [-0.15, -0.1) is 0 Å². The zero-order chi connectivity index (χ0) is 11.8. The van der Waals surface area contributed by atoms with Gasteiger partial charge in [0.15, 0.2) is 0 Å². The van der Waals surface area contributed by atoms with Gasteiger partial charge in [-0.25, -0.2) is 0 Å². The maximum absolute atomic E-state index is 2.48. The number of allylic oxidation sites excluding steroid dienone is 2. The van der Waals surface area contributed by atoms with Gasteiger partial charge >= 0.3 is 0 Å². The molecule has 0 amide bonds. The Morgan fingerprint density at radius 1 is 1.00 bits per heavy atom. The van der Waals surface area contributed by atoms with Crippen LogP contribution in [0.4, 0.5) is 0 Å². The third kappa shape index (κ3) is 4.72. The lowest BCUT2D eigenvalue weighted by Crippen LogP contribution is -2.20. The maximum Gasteiger partial charge on any atom is -0.0205 e. The third-order valence-corrected chi connectivity index (χ3v) is 4.36. The molecule has 0 saturated heterocycles. The van der Waals surface area contributed by atoms with Gasteiger partial charge in [0.1, 0.15) is 0 Å². The van der Waals surface area contributed by atoms with Crippen LogP contribution in [0.2, 0.25) is 0 Å². The van der Waals surface area contributed by atoms with E-state index in [2.05, 4.69) is 32.9 Å². The average Bonchev–Trinajstić information content (AvgIpc) is 2.29. The minimum absolute atomic E-state index is 0.870. The normalized spacial score (nSPS) is 29.6. The molecule has 0 aromatic rings. The summed E-state index contributed by atoms with van der Waals surface area (Å²) in [5.41, 5.74) is 0. The molecule has 0 bridgehead atoms. The van der Waals surface area contributed by atoms with E-state index in [1.807, 2.05) is 0 Å². The van der Waals surface area contributed by atoms with Crippen LogP contribution in [0.3, 0.4) is 0 Å². The average molecular weight is 222 g/mol. The van der Waals surface area contributed by atoms with E-state index < -0.39 is 0 Å². The maximum atomic E-state index is 2.48. The van der Waals surface area contributed by atoms with E-state index in [-0.39, 0.29) is 0 Å². The minimum atomic E-state index is 0.870. The van der Waals surface area contributed by atoms with Crippen molar-refractivity contribution in [1.29, 1.82) is 0 Å². The Hall–Kier alpha value is -0.260. The summed E-state index contributed by atoms with van der Waals surface area (Å²) in [6.07, 6.45) is 16.2. The summed E-state index contributed by atoms with van der Waals surface area (Å²) in [4.78, 5) is 0. The van der Waals surface area contributed by atoms with Crippen molar-refractivity contribution in [2.45, 2.75) is 72.1 Å². The Morgan fingerprint density at radius 3 is 2.44 bits per heavy atom. The molecule has 3 atom stereocenters. The molecule has 0 aromatic carbocycles. The topological polar surface area (TPSA) is 0 Å². The Balaban J connectivity index is 2.08. The van der Waals surface area contributed by atoms with Crippen LogP contribution >= 0.6 is 0 Å². The summed E-state index contributed by atoms with van der Waals surface area (Å²) in [7, 11) is 0. The highest BCUT2D eigenvalue weighted by Gasteiger charge is 2.22. The first-order chi connectivity index (χ1) is 7.75. The smallest absolute Gasteiger partial charge is 0.0205 e. The number of rotatable bonds is 7. The lowest BCUT2D eigenvalue weighted by molar-refractivity contribution is 0.272. The molecule has 16 heavy (non-hydrogen) atoms. The van der Waals surface area contributed by atoms with Gasteiger partial charge in [-0.2, -0.15) is 0 Å². The molecule has 1 aliphatic carbocycles. The molecule has 0 heteroatoms. The molecule has 0 fully saturated rings. The lowest BCUT2D eigenvalue weighted by atomic mass is 9.76. The zero-order valence-corrected chi connectivity index (χ0v) is 11.5. The van der Waals surface area contributed by atoms with Gasteiger partial charge in [-0.1, -0.05) is 71.4 Å². The standard InChI is InChI=1S/C16H30/c1-4-5-6-7-8-9-12-16-13-10-11-14(2)15(16)3/h10,13-16H,4-9,11-12H2,1-3H3. The lowest BCUT2D eigenvalue weighted by Gasteiger charge is -2.30. The summed E-state index contributed by atoms with van der Waals surface area (Å²) in [5.74, 6) is 2.67. The van der Waals surface area contributed by atoms with Gasteiger partial charge in [0.05, 0.1) is 0 Å². The molecule has 0 spiro atoms. The molecule has 3 unspecified atom stereocenters. The fourth-order valence-corrected chi connectivity index (χ4v) is 2.80. The van der Waals surface area contributed by atoms with Crippen molar-refractivity contribution in [2.75, 3.05) is 0 Å². The van der Waals surface area contributed by atoms with E-state index in [9.17, 15) is 0 Å². The molecule has 0 N–H and O–H groups in total. The molecule has 0 aliphatic heterocycles. The second-order valence-electron chi connectivity index (χ2n) is 5.72. The van der Waals surface area contributed by atoms with E-state index in [1.165, 1.54) is 51.4 Å². The van der Waals surface area contributed by atoms with Crippen molar-refractivity contribution in [1.82, 2.24) is 0 Å². The first-order valence-corrected chi connectivity index (χ1v) is 7.42. The predicted octanol–water partition coefficient (Wildman–Crippen LogP) is 5.59. The van der Waals surface area contributed by atoms with Crippen LogP contribution < -0.4 is 0 Å². The largest absolute Gasteiger partial charge is 0.0880 e.